The molecule has 0 fully saturated rings. The first-order valence-corrected chi connectivity index (χ1v) is 6.86. The topological polar surface area (TPSA) is 59.1 Å². The molecule has 0 aromatic heterocycles. The quantitative estimate of drug-likeness (QED) is 0.639. The minimum absolute atomic E-state index is 0.138. The molecule has 0 aliphatic rings. The summed E-state index contributed by atoms with van der Waals surface area (Å²) >= 11 is 9.16. The Morgan fingerprint density at radius 3 is 2.70 bits per heavy atom. The molecule has 0 aliphatic carbocycles. The third kappa shape index (κ3) is 3.11. The molecule has 3 nitrogen and oxygen atoms in total. The van der Waals surface area contributed by atoms with E-state index in [9.17, 15) is 4.39 Å². The van der Waals surface area contributed by atoms with Gasteiger partial charge in [0.05, 0.1) is 15.1 Å². The molecule has 0 unspecified atom stereocenters. The van der Waals surface area contributed by atoms with Gasteiger partial charge in [0, 0.05) is 5.56 Å². The van der Waals surface area contributed by atoms with Crippen molar-refractivity contribution in [3.05, 3.63) is 62.8 Å². The molecule has 0 saturated heterocycles. The Balaban J connectivity index is 2.26. The van der Waals surface area contributed by atoms with Crippen molar-refractivity contribution in [2.75, 3.05) is 0 Å². The maximum Gasteiger partial charge on any atom is 0.137 e. The molecule has 104 valence electrons. The molecule has 6 heteroatoms. The van der Waals surface area contributed by atoms with Crippen LogP contribution in [-0.4, -0.2) is 5.84 Å². The van der Waals surface area contributed by atoms with Crippen molar-refractivity contribution in [2.45, 2.75) is 6.61 Å². The lowest BCUT2D eigenvalue weighted by Gasteiger charge is -2.12. The fourth-order valence-electron chi connectivity index (χ4n) is 1.70. The van der Waals surface area contributed by atoms with Crippen LogP contribution in [0.15, 0.2) is 40.9 Å². The highest BCUT2D eigenvalue weighted by Crippen LogP contribution is 2.28. The predicted molar refractivity (Wildman–Crippen MR) is 80.9 cm³/mol. The third-order valence-electron chi connectivity index (χ3n) is 2.66. The van der Waals surface area contributed by atoms with Gasteiger partial charge in [-0.1, -0.05) is 29.8 Å². The van der Waals surface area contributed by atoms with Crippen molar-refractivity contribution in [2.24, 2.45) is 5.73 Å². The number of nitrogens with one attached hydrogen (secondary N) is 1. The Labute approximate surface area is 129 Å². The minimum Gasteiger partial charge on any atom is -0.488 e. The fraction of sp³-hybridized carbons (Fsp3) is 0.0714. The van der Waals surface area contributed by atoms with Crippen LogP contribution in [-0.2, 0) is 6.61 Å². The number of hydrogen-bond donors (Lipinski definition) is 2. The van der Waals surface area contributed by atoms with Crippen LogP contribution >= 0.6 is 27.5 Å². The van der Waals surface area contributed by atoms with Crippen molar-refractivity contribution in [1.82, 2.24) is 0 Å². The molecule has 2 rings (SSSR count). The van der Waals surface area contributed by atoms with Gasteiger partial charge in [0.15, 0.2) is 0 Å². The summed E-state index contributed by atoms with van der Waals surface area (Å²) in [5, 5.41) is 7.86. The molecular formula is C14H11BrClFN2O. The van der Waals surface area contributed by atoms with Crippen molar-refractivity contribution in [3.63, 3.8) is 0 Å². The van der Waals surface area contributed by atoms with Gasteiger partial charge < -0.3 is 10.5 Å². The zero-order valence-electron chi connectivity index (χ0n) is 10.3. The normalized spacial score (nSPS) is 10.3. The summed E-state index contributed by atoms with van der Waals surface area (Å²) in [5.41, 5.74) is 6.48. The number of halogens is 3. The average molecular weight is 358 g/mol. The lowest BCUT2D eigenvalue weighted by Crippen LogP contribution is -2.14. The fourth-order valence-corrected chi connectivity index (χ4v) is 2.35. The van der Waals surface area contributed by atoms with Gasteiger partial charge in [-0.3, -0.25) is 5.41 Å². The summed E-state index contributed by atoms with van der Waals surface area (Å²) in [6.45, 7) is 0.138. The molecule has 0 atom stereocenters. The number of nitrogen functional groups attached to an aromatic ring is 1. The molecule has 2 aromatic carbocycles. The van der Waals surface area contributed by atoms with Crippen molar-refractivity contribution in [1.29, 1.82) is 5.41 Å². The first kappa shape index (κ1) is 14.8. The summed E-state index contributed by atoms with van der Waals surface area (Å²) in [5.74, 6) is -0.144. The lowest BCUT2D eigenvalue weighted by molar-refractivity contribution is 0.304. The molecule has 0 aliphatic heterocycles. The number of amidine groups is 1. The Morgan fingerprint density at radius 2 is 2.00 bits per heavy atom. The average Bonchev–Trinajstić information content (AvgIpc) is 2.40. The van der Waals surface area contributed by atoms with Gasteiger partial charge in [-0.05, 0) is 34.1 Å². The maximum atomic E-state index is 13.4. The van der Waals surface area contributed by atoms with E-state index in [-0.39, 0.29) is 18.3 Å². The summed E-state index contributed by atoms with van der Waals surface area (Å²) in [4.78, 5) is 0. The van der Waals surface area contributed by atoms with Crippen LogP contribution in [0.4, 0.5) is 4.39 Å². The first-order chi connectivity index (χ1) is 9.50. The molecule has 0 spiro atoms. The molecule has 3 N–H and O–H groups in total. The van der Waals surface area contributed by atoms with Gasteiger partial charge in [0.25, 0.3) is 0 Å². The summed E-state index contributed by atoms with van der Waals surface area (Å²) in [7, 11) is 0. The van der Waals surface area contributed by atoms with Gasteiger partial charge in [-0.2, -0.15) is 0 Å². The standard InChI is InChI=1S/C14H11BrClFN2O/c15-13-8(3-1-5-10(13)17)7-20-11-6-2-4-9(16)12(11)14(18)19/h1-6H,7H2,(H3,18,19). The second-order valence-electron chi connectivity index (χ2n) is 4.03. The largest absolute Gasteiger partial charge is 0.488 e. The molecule has 20 heavy (non-hydrogen) atoms. The number of benzene rings is 2. The minimum atomic E-state index is -0.357. The van der Waals surface area contributed by atoms with Crippen LogP contribution in [0.3, 0.4) is 0 Å². The van der Waals surface area contributed by atoms with E-state index in [0.717, 1.165) is 0 Å². The van der Waals surface area contributed by atoms with E-state index in [1.165, 1.54) is 6.07 Å². The highest BCUT2D eigenvalue weighted by Gasteiger charge is 2.12. The van der Waals surface area contributed by atoms with Crippen LogP contribution in [0, 0.1) is 11.2 Å². The van der Waals surface area contributed by atoms with Crippen LogP contribution in [0.5, 0.6) is 5.75 Å². The molecule has 0 amide bonds. The van der Waals surface area contributed by atoms with Crippen LogP contribution in [0.2, 0.25) is 5.02 Å². The predicted octanol–water partition coefficient (Wildman–Crippen LogP) is 4.10. The Morgan fingerprint density at radius 1 is 1.30 bits per heavy atom. The number of nitrogens with two attached hydrogens (primary N) is 1. The molecular weight excluding hydrogens is 347 g/mol. The van der Waals surface area contributed by atoms with Gasteiger partial charge in [-0.25, -0.2) is 4.39 Å². The molecule has 0 heterocycles. The SMILES string of the molecule is N=C(N)c1c(Cl)cccc1OCc1cccc(F)c1Br. The molecule has 0 bridgehead atoms. The van der Waals surface area contributed by atoms with Crippen molar-refractivity contribution < 1.29 is 9.13 Å². The lowest BCUT2D eigenvalue weighted by atomic mass is 10.2. The van der Waals surface area contributed by atoms with E-state index >= 15 is 0 Å². The maximum absolute atomic E-state index is 13.4. The zero-order valence-corrected chi connectivity index (χ0v) is 12.6. The second kappa shape index (κ2) is 6.24. The summed E-state index contributed by atoms with van der Waals surface area (Å²) < 4.78 is 19.4. The van der Waals surface area contributed by atoms with Crippen LogP contribution in [0.1, 0.15) is 11.1 Å². The number of ether oxygens (including phenoxy) is 1. The number of hydrogen-bond acceptors (Lipinski definition) is 2. The van der Waals surface area contributed by atoms with Crippen molar-refractivity contribution >= 4 is 33.4 Å². The zero-order chi connectivity index (χ0) is 14.7. The monoisotopic (exact) mass is 356 g/mol. The highest BCUT2D eigenvalue weighted by atomic mass is 79.9. The van der Waals surface area contributed by atoms with E-state index < -0.39 is 0 Å². The van der Waals surface area contributed by atoms with E-state index in [0.29, 0.717) is 26.4 Å². The Bertz CT molecular complexity index is 664. The second-order valence-corrected chi connectivity index (χ2v) is 5.23. The first-order valence-electron chi connectivity index (χ1n) is 5.69. The van der Waals surface area contributed by atoms with Crippen LogP contribution in [0.25, 0.3) is 0 Å². The highest BCUT2D eigenvalue weighted by molar-refractivity contribution is 9.10. The summed E-state index contributed by atoms with van der Waals surface area (Å²) in [6.07, 6.45) is 0. The van der Waals surface area contributed by atoms with E-state index in [4.69, 9.17) is 27.5 Å². The van der Waals surface area contributed by atoms with Gasteiger partial charge in [0.2, 0.25) is 0 Å². The van der Waals surface area contributed by atoms with Gasteiger partial charge >= 0.3 is 0 Å². The molecule has 0 saturated carbocycles. The third-order valence-corrected chi connectivity index (χ3v) is 3.86. The van der Waals surface area contributed by atoms with Crippen molar-refractivity contribution in [3.8, 4) is 5.75 Å². The Hall–Kier alpha value is -1.59. The van der Waals surface area contributed by atoms with Crippen LogP contribution < -0.4 is 10.5 Å². The molecule has 0 radical (unpaired) electrons. The summed E-state index contributed by atoms with van der Waals surface area (Å²) in [6, 6.07) is 9.69. The van der Waals surface area contributed by atoms with Gasteiger partial charge in [-0.15, -0.1) is 0 Å². The van der Waals surface area contributed by atoms with E-state index in [1.807, 2.05) is 0 Å². The van der Waals surface area contributed by atoms with Gasteiger partial charge in [0.1, 0.15) is 24.0 Å². The smallest absolute Gasteiger partial charge is 0.137 e. The Kier molecular flexibility index (Phi) is 4.62. The van der Waals surface area contributed by atoms with E-state index in [2.05, 4.69) is 15.9 Å². The van der Waals surface area contributed by atoms with E-state index in [1.54, 1.807) is 30.3 Å². The molecule has 2 aromatic rings. The number of rotatable bonds is 4.